The second kappa shape index (κ2) is 6.98. The standard InChI is InChI=1S/C19H22N4OS/c1-23(14-7-9-20-10-8-14)19-18-16(21-12-22-19)11-17(25-18)13-3-5-15(24-2)6-4-13/h3-6,11-12,14,20H,7-10H2,1-2H3. The summed E-state index contributed by atoms with van der Waals surface area (Å²) in [4.78, 5) is 12.6. The Kier molecular flexibility index (Phi) is 4.55. The van der Waals surface area contributed by atoms with Crippen molar-refractivity contribution in [1.82, 2.24) is 15.3 Å². The molecule has 2 aromatic heterocycles. The van der Waals surface area contributed by atoms with Crippen molar-refractivity contribution in [1.29, 1.82) is 0 Å². The van der Waals surface area contributed by atoms with Gasteiger partial charge in [0.15, 0.2) is 0 Å². The molecule has 130 valence electrons. The third-order valence-electron chi connectivity index (χ3n) is 4.86. The van der Waals surface area contributed by atoms with Crippen LogP contribution in [-0.4, -0.2) is 43.3 Å². The lowest BCUT2D eigenvalue weighted by molar-refractivity contribution is 0.415. The third kappa shape index (κ3) is 3.19. The van der Waals surface area contributed by atoms with Crippen LogP contribution in [0.4, 0.5) is 5.82 Å². The number of aromatic nitrogens is 2. The van der Waals surface area contributed by atoms with Crippen molar-refractivity contribution in [3.63, 3.8) is 0 Å². The van der Waals surface area contributed by atoms with Crippen LogP contribution in [0.3, 0.4) is 0 Å². The predicted octanol–water partition coefficient (Wildman–Crippen LogP) is 3.56. The molecule has 1 aliphatic rings. The second-order valence-corrected chi connectivity index (χ2v) is 7.40. The number of nitrogens with zero attached hydrogens (tertiary/aromatic N) is 3. The molecule has 3 heterocycles. The smallest absolute Gasteiger partial charge is 0.150 e. The van der Waals surface area contributed by atoms with E-state index in [1.165, 1.54) is 10.4 Å². The first kappa shape index (κ1) is 16.3. The van der Waals surface area contributed by atoms with E-state index in [2.05, 4.69) is 45.4 Å². The maximum absolute atomic E-state index is 5.25. The first-order valence-electron chi connectivity index (χ1n) is 8.59. The Bertz CT molecular complexity index is 855. The van der Waals surface area contributed by atoms with Gasteiger partial charge in [0, 0.05) is 18.0 Å². The SMILES string of the molecule is COc1ccc(-c2cc3ncnc(N(C)C4CCNCC4)c3s2)cc1. The molecule has 1 aromatic carbocycles. The highest BCUT2D eigenvalue weighted by Gasteiger charge is 2.21. The Hall–Kier alpha value is -2.18. The number of ether oxygens (including phenoxy) is 1. The summed E-state index contributed by atoms with van der Waals surface area (Å²) in [5.74, 6) is 1.91. The molecule has 6 heteroatoms. The molecular formula is C19H22N4OS. The molecule has 0 spiro atoms. The average Bonchev–Trinajstić information content (AvgIpc) is 3.12. The van der Waals surface area contributed by atoms with Gasteiger partial charge in [-0.1, -0.05) is 0 Å². The number of hydrogen-bond acceptors (Lipinski definition) is 6. The van der Waals surface area contributed by atoms with E-state index in [0.717, 1.165) is 47.7 Å². The number of fused-ring (bicyclic) bond motifs is 1. The van der Waals surface area contributed by atoms with Gasteiger partial charge < -0.3 is 15.0 Å². The largest absolute Gasteiger partial charge is 0.497 e. The maximum Gasteiger partial charge on any atom is 0.150 e. The molecule has 0 amide bonds. The van der Waals surface area contributed by atoms with Crippen molar-refractivity contribution in [2.75, 3.05) is 32.1 Å². The molecule has 1 aliphatic heterocycles. The Morgan fingerprint density at radius 1 is 1.16 bits per heavy atom. The summed E-state index contributed by atoms with van der Waals surface area (Å²) in [5, 5.41) is 3.43. The van der Waals surface area contributed by atoms with Crippen LogP contribution in [0.5, 0.6) is 5.75 Å². The number of methoxy groups -OCH3 is 1. The minimum atomic E-state index is 0.533. The van der Waals surface area contributed by atoms with E-state index in [0.29, 0.717) is 6.04 Å². The zero-order valence-electron chi connectivity index (χ0n) is 14.5. The molecule has 0 bridgehead atoms. The first-order chi connectivity index (χ1) is 12.3. The van der Waals surface area contributed by atoms with Crippen molar-refractivity contribution in [3.8, 4) is 16.2 Å². The molecule has 0 unspecified atom stereocenters. The van der Waals surface area contributed by atoms with Crippen molar-refractivity contribution >= 4 is 27.4 Å². The monoisotopic (exact) mass is 354 g/mol. The number of nitrogens with one attached hydrogen (secondary N) is 1. The fourth-order valence-electron chi connectivity index (χ4n) is 3.36. The van der Waals surface area contributed by atoms with E-state index in [1.807, 2.05) is 12.1 Å². The minimum Gasteiger partial charge on any atom is -0.497 e. The number of anilines is 1. The zero-order chi connectivity index (χ0) is 17.2. The molecule has 0 atom stereocenters. The van der Waals surface area contributed by atoms with E-state index in [1.54, 1.807) is 24.8 Å². The van der Waals surface area contributed by atoms with Crippen molar-refractivity contribution in [2.45, 2.75) is 18.9 Å². The third-order valence-corrected chi connectivity index (χ3v) is 6.03. The van der Waals surface area contributed by atoms with E-state index in [-0.39, 0.29) is 0 Å². The second-order valence-electron chi connectivity index (χ2n) is 6.34. The summed E-state index contributed by atoms with van der Waals surface area (Å²) in [6.07, 6.45) is 3.98. The highest BCUT2D eigenvalue weighted by molar-refractivity contribution is 7.22. The number of thiophene rings is 1. The molecule has 0 aliphatic carbocycles. The maximum atomic E-state index is 5.25. The molecule has 1 N–H and O–H groups in total. The fraction of sp³-hybridized carbons (Fsp3) is 0.368. The molecule has 1 saturated heterocycles. The Balaban J connectivity index is 1.70. The van der Waals surface area contributed by atoms with Gasteiger partial charge in [-0.3, -0.25) is 0 Å². The van der Waals surface area contributed by atoms with E-state index < -0.39 is 0 Å². The van der Waals surface area contributed by atoms with E-state index >= 15 is 0 Å². The van der Waals surface area contributed by atoms with Gasteiger partial charge in [0.1, 0.15) is 17.9 Å². The lowest BCUT2D eigenvalue weighted by Crippen LogP contribution is -2.41. The van der Waals surface area contributed by atoms with Crippen molar-refractivity contribution in [2.24, 2.45) is 0 Å². The molecule has 0 radical (unpaired) electrons. The van der Waals surface area contributed by atoms with Gasteiger partial charge in [-0.2, -0.15) is 0 Å². The van der Waals surface area contributed by atoms with Crippen molar-refractivity contribution < 1.29 is 4.74 Å². The molecule has 3 aromatic rings. The van der Waals surface area contributed by atoms with Gasteiger partial charge in [0.05, 0.1) is 17.3 Å². The van der Waals surface area contributed by atoms with Crippen LogP contribution in [0.2, 0.25) is 0 Å². The number of hydrogen-bond donors (Lipinski definition) is 1. The van der Waals surface area contributed by atoms with Gasteiger partial charge in [-0.05, 0) is 61.8 Å². The van der Waals surface area contributed by atoms with Gasteiger partial charge >= 0.3 is 0 Å². The highest BCUT2D eigenvalue weighted by atomic mass is 32.1. The lowest BCUT2D eigenvalue weighted by atomic mass is 10.1. The Morgan fingerprint density at radius 3 is 2.64 bits per heavy atom. The lowest BCUT2D eigenvalue weighted by Gasteiger charge is -2.32. The molecule has 0 saturated carbocycles. The Labute approximate surface area is 151 Å². The van der Waals surface area contributed by atoms with Crippen LogP contribution in [0, 0.1) is 0 Å². The normalized spacial score (nSPS) is 15.4. The number of piperidine rings is 1. The summed E-state index contributed by atoms with van der Waals surface area (Å²) in [6, 6.07) is 10.9. The first-order valence-corrected chi connectivity index (χ1v) is 9.40. The van der Waals surface area contributed by atoms with Crippen LogP contribution < -0.4 is 15.0 Å². The predicted molar refractivity (Wildman–Crippen MR) is 104 cm³/mol. The van der Waals surface area contributed by atoms with Gasteiger partial charge in [0.25, 0.3) is 0 Å². The van der Waals surface area contributed by atoms with Crippen LogP contribution in [0.25, 0.3) is 20.7 Å². The Morgan fingerprint density at radius 2 is 1.92 bits per heavy atom. The minimum absolute atomic E-state index is 0.533. The molecule has 5 nitrogen and oxygen atoms in total. The van der Waals surface area contributed by atoms with Crippen LogP contribution in [0.1, 0.15) is 12.8 Å². The van der Waals surface area contributed by atoms with Gasteiger partial charge in [-0.15, -0.1) is 11.3 Å². The summed E-state index contributed by atoms with van der Waals surface area (Å²) >= 11 is 1.76. The number of benzene rings is 1. The molecule has 25 heavy (non-hydrogen) atoms. The van der Waals surface area contributed by atoms with E-state index in [9.17, 15) is 0 Å². The fourth-order valence-corrected chi connectivity index (χ4v) is 4.51. The summed E-state index contributed by atoms with van der Waals surface area (Å²) in [5.41, 5.74) is 2.20. The van der Waals surface area contributed by atoms with Crippen LogP contribution in [0.15, 0.2) is 36.7 Å². The molecule has 1 fully saturated rings. The molecular weight excluding hydrogens is 332 g/mol. The highest BCUT2D eigenvalue weighted by Crippen LogP contribution is 2.37. The summed E-state index contributed by atoms with van der Waals surface area (Å²) < 4.78 is 6.41. The van der Waals surface area contributed by atoms with Gasteiger partial charge in [-0.25, -0.2) is 9.97 Å². The summed E-state index contributed by atoms with van der Waals surface area (Å²) in [6.45, 7) is 2.15. The van der Waals surface area contributed by atoms with Crippen LogP contribution >= 0.6 is 11.3 Å². The molecule has 4 rings (SSSR count). The number of rotatable bonds is 4. The zero-order valence-corrected chi connectivity index (χ0v) is 15.3. The van der Waals surface area contributed by atoms with E-state index in [4.69, 9.17) is 4.74 Å². The topological polar surface area (TPSA) is 50.3 Å². The van der Waals surface area contributed by atoms with Crippen LogP contribution in [-0.2, 0) is 0 Å². The van der Waals surface area contributed by atoms with Gasteiger partial charge in [0.2, 0.25) is 0 Å². The average molecular weight is 354 g/mol. The summed E-state index contributed by atoms with van der Waals surface area (Å²) in [7, 11) is 3.84. The quantitative estimate of drug-likeness (QED) is 0.776. The van der Waals surface area contributed by atoms with Crippen molar-refractivity contribution in [3.05, 3.63) is 36.7 Å².